The summed E-state index contributed by atoms with van der Waals surface area (Å²) in [6.07, 6.45) is 2.82. The molecular weight excluding hydrogens is 246 g/mol. The van der Waals surface area contributed by atoms with Gasteiger partial charge in [0, 0.05) is 18.8 Å². The third-order valence-electron chi connectivity index (χ3n) is 4.87. The second-order valence-corrected chi connectivity index (χ2v) is 6.67. The Morgan fingerprint density at radius 3 is 2.30 bits per heavy atom. The number of hydrogen-bond donors (Lipinski definition) is 0. The largest absolute Gasteiger partial charge is 0.378 e. The van der Waals surface area contributed by atoms with Crippen molar-refractivity contribution in [2.45, 2.75) is 45.4 Å². The zero-order valence-corrected chi connectivity index (χ0v) is 13.1. The summed E-state index contributed by atoms with van der Waals surface area (Å²) in [5, 5.41) is 0. The number of para-hydroxylation sites is 1. The fourth-order valence-corrected chi connectivity index (χ4v) is 3.42. The van der Waals surface area contributed by atoms with Crippen molar-refractivity contribution in [3.63, 3.8) is 0 Å². The van der Waals surface area contributed by atoms with Crippen molar-refractivity contribution >= 4 is 5.69 Å². The van der Waals surface area contributed by atoms with Crippen LogP contribution >= 0.6 is 0 Å². The first-order chi connectivity index (χ1) is 9.68. The maximum absolute atomic E-state index is 5.54. The standard InChI is InChI=1S/C18H27NO/c1-13(2)16-5-4-6-17(14(3)15-7-8-15)18(16)19-9-11-20-12-10-19/h4-6,13-15H,7-12H2,1-3H3/t14-/m1/s1. The maximum Gasteiger partial charge on any atom is 0.0642 e. The lowest BCUT2D eigenvalue weighted by Gasteiger charge is -2.34. The van der Waals surface area contributed by atoms with Gasteiger partial charge in [-0.3, -0.25) is 0 Å². The molecule has 3 rings (SSSR count). The van der Waals surface area contributed by atoms with Crippen LogP contribution in [0.25, 0.3) is 0 Å². The molecule has 2 aliphatic rings. The van der Waals surface area contributed by atoms with Crippen molar-refractivity contribution in [3.8, 4) is 0 Å². The van der Waals surface area contributed by atoms with E-state index in [1.165, 1.54) is 24.1 Å². The first-order valence-electron chi connectivity index (χ1n) is 8.14. The van der Waals surface area contributed by atoms with Gasteiger partial charge in [0.25, 0.3) is 0 Å². The van der Waals surface area contributed by atoms with Gasteiger partial charge in [-0.1, -0.05) is 39.0 Å². The zero-order valence-electron chi connectivity index (χ0n) is 13.1. The number of rotatable bonds is 4. The summed E-state index contributed by atoms with van der Waals surface area (Å²) >= 11 is 0. The Morgan fingerprint density at radius 1 is 1.05 bits per heavy atom. The summed E-state index contributed by atoms with van der Waals surface area (Å²) in [7, 11) is 0. The Morgan fingerprint density at radius 2 is 1.70 bits per heavy atom. The van der Waals surface area contributed by atoms with E-state index in [1.54, 1.807) is 5.56 Å². The molecule has 2 fully saturated rings. The van der Waals surface area contributed by atoms with Crippen LogP contribution in [0.4, 0.5) is 5.69 Å². The topological polar surface area (TPSA) is 12.5 Å². The highest BCUT2D eigenvalue weighted by Crippen LogP contribution is 2.46. The van der Waals surface area contributed by atoms with Crippen LogP contribution in [0.15, 0.2) is 18.2 Å². The first kappa shape index (κ1) is 13.9. The van der Waals surface area contributed by atoms with E-state index in [-0.39, 0.29) is 0 Å². The second-order valence-electron chi connectivity index (χ2n) is 6.67. The Hall–Kier alpha value is -1.02. The van der Waals surface area contributed by atoms with Crippen LogP contribution in [0, 0.1) is 5.92 Å². The van der Waals surface area contributed by atoms with E-state index in [4.69, 9.17) is 4.74 Å². The Bertz CT molecular complexity index is 458. The fraction of sp³-hybridized carbons (Fsp3) is 0.667. The maximum atomic E-state index is 5.54. The lowest BCUT2D eigenvalue weighted by atomic mass is 9.88. The summed E-state index contributed by atoms with van der Waals surface area (Å²) < 4.78 is 5.54. The molecule has 1 atom stereocenters. The molecule has 0 spiro atoms. The van der Waals surface area contributed by atoms with Gasteiger partial charge >= 0.3 is 0 Å². The smallest absolute Gasteiger partial charge is 0.0642 e. The van der Waals surface area contributed by atoms with Gasteiger partial charge in [-0.05, 0) is 41.7 Å². The minimum Gasteiger partial charge on any atom is -0.378 e. The van der Waals surface area contributed by atoms with Gasteiger partial charge in [0.2, 0.25) is 0 Å². The number of benzene rings is 1. The van der Waals surface area contributed by atoms with E-state index in [2.05, 4.69) is 43.9 Å². The molecule has 1 aliphatic heterocycles. The van der Waals surface area contributed by atoms with Gasteiger partial charge in [0.15, 0.2) is 0 Å². The third-order valence-corrected chi connectivity index (χ3v) is 4.87. The average Bonchev–Trinajstić information content (AvgIpc) is 3.31. The fourth-order valence-electron chi connectivity index (χ4n) is 3.42. The Kier molecular flexibility index (Phi) is 4.02. The van der Waals surface area contributed by atoms with Gasteiger partial charge in [-0.25, -0.2) is 0 Å². The molecular formula is C18H27NO. The van der Waals surface area contributed by atoms with Crippen molar-refractivity contribution in [1.82, 2.24) is 0 Å². The van der Waals surface area contributed by atoms with Gasteiger partial charge < -0.3 is 9.64 Å². The molecule has 2 heteroatoms. The molecule has 0 unspecified atom stereocenters. The lowest BCUT2D eigenvalue weighted by Crippen LogP contribution is -2.37. The highest BCUT2D eigenvalue weighted by Gasteiger charge is 2.32. The van der Waals surface area contributed by atoms with E-state index >= 15 is 0 Å². The first-order valence-corrected chi connectivity index (χ1v) is 8.14. The zero-order chi connectivity index (χ0) is 14.1. The number of ether oxygens (including phenoxy) is 1. The van der Waals surface area contributed by atoms with Gasteiger partial charge in [-0.2, -0.15) is 0 Å². The SMILES string of the molecule is CC(C)c1cccc([C@H](C)C2CC2)c1N1CCOCC1. The molecule has 2 nitrogen and oxygen atoms in total. The number of morpholine rings is 1. The van der Waals surface area contributed by atoms with Crippen LogP contribution in [-0.2, 0) is 4.74 Å². The van der Waals surface area contributed by atoms with Crippen LogP contribution in [0.1, 0.15) is 56.6 Å². The van der Waals surface area contributed by atoms with E-state index < -0.39 is 0 Å². The second kappa shape index (κ2) is 5.77. The molecule has 0 bridgehead atoms. The summed E-state index contributed by atoms with van der Waals surface area (Å²) in [5.74, 6) is 2.20. The number of nitrogens with zero attached hydrogens (tertiary/aromatic N) is 1. The third kappa shape index (κ3) is 2.71. The van der Waals surface area contributed by atoms with Crippen LogP contribution in [0.2, 0.25) is 0 Å². The normalized spacial score (nSPS) is 21.3. The van der Waals surface area contributed by atoms with E-state index in [0.717, 1.165) is 32.2 Å². The van der Waals surface area contributed by atoms with Crippen molar-refractivity contribution in [2.75, 3.05) is 31.2 Å². The summed E-state index contributed by atoms with van der Waals surface area (Å²) in [5.41, 5.74) is 4.60. The van der Waals surface area contributed by atoms with Gasteiger partial charge in [-0.15, -0.1) is 0 Å². The predicted octanol–water partition coefficient (Wildman–Crippen LogP) is 4.16. The van der Waals surface area contributed by atoms with Gasteiger partial charge in [0.05, 0.1) is 13.2 Å². The minimum absolute atomic E-state index is 0.583. The van der Waals surface area contributed by atoms with Crippen LogP contribution in [0.5, 0.6) is 0 Å². The highest BCUT2D eigenvalue weighted by atomic mass is 16.5. The molecule has 1 aromatic carbocycles. The molecule has 0 amide bonds. The Labute approximate surface area is 123 Å². The van der Waals surface area contributed by atoms with Crippen LogP contribution in [-0.4, -0.2) is 26.3 Å². The summed E-state index contributed by atoms with van der Waals surface area (Å²) in [6.45, 7) is 10.8. The van der Waals surface area contributed by atoms with E-state index in [1.807, 2.05) is 0 Å². The number of hydrogen-bond acceptors (Lipinski definition) is 2. The van der Waals surface area contributed by atoms with Gasteiger partial charge in [0.1, 0.15) is 0 Å². The summed E-state index contributed by atoms with van der Waals surface area (Å²) in [4.78, 5) is 2.56. The molecule has 1 saturated carbocycles. The van der Waals surface area contributed by atoms with E-state index in [9.17, 15) is 0 Å². The van der Waals surface area contributed by atoms with Crippen molar-refractivity contribution < 1.29 is 4.74 Å². The average molecular weight is 273 g/mol. The lowest BCUT2D eigenvalue weighted by molar-refractivity contribution is 0.122. The van der Waals surface area contributed by atoms with E-state index in [0.29, 0.717) is 11.8 Å². The van der Waals surface area contributed by atoms with Crippen molar-refractivity contribution in [1.29, 1.82) is 0 Å². The summed E-state index contributed by atoms with van der Waals surface area (Å²) in [6, 6.07) is 6.94. The molecule has 1 heterocycles. The van der Waals surface area contributed by atoms with Crippen LogP contribution in [0.3, 0.4) is 0 Å². The predicted molar refractivity (Wildman–Crippen MR) is 84.7 cm³/mol. The molecule has 1 aromatic rings. The quantitative estimate of drug-likeness (QED) is 0.816. The molecule has 0 N–H and O–H groups in total. The number of anilines is 1. The Balaban J connectivity index is 2.00. The molecule has 1 aliphatic carbocycles. The molecule has 0 radical (unpaired) electrons. The minimum atomic E-state index is 0.583. The van der Waals surface area contributed by atoms with Crippen LogP contribution < -0.4 is 4.90 Å². The monoisotopic (exact) mass is 273 g/mol. The van der Waals surface area contributed by atoms with Crippen molar-refractivity contribution in [3.05, 3.63) is 29.3 Å². The molecule has 20 heavy (non-hydrogen) atoms. The van der Waals surface area contributed by atoms with Crippen molar-refractivity contribution in [2.24, 2.45) is 5.92 Å². The molecule has 1 saturated heterocycles. The highest BCUT2D eigenvalue weighted by molar-refractivity contribution is 5.62. The molecule has 0 aromatic heterocycles. The molecule has 110 valence electrons.